The van der Waals surface area contributed by atoms with Crippen LogP contribution in [0.4, 0.5) is 13.2 Å². The number of hydrogen-bond donors (Lipinski definition) is 1. The zero-order valence-corrected chi connectivity index (χ0v) is 16.4. The number of ether oxygens (including phenoxy) is 1. The van der Waals surface area contributed by atoms with E-state index in [0.29, 0.717) is 11.1 Å². The Bertz CT molecular complexity index is 845. The van der Waals surface area contributed by atoms with Crippen molar-refractivity contribution in [2.75, 3.05) is 6.61 Å². The molecule has 0 aliphatic rings. The summed E-state index contributed by atoms with van der Waals surface area (Å²) in [7, 11) is 0. The van der Waals surface area contributed by atoms with E-state index < -0.39 is 12.8 Å². The highest BCUT2D eigenvalue weighted by atomic mass is 19.4. The van der Waals surface area contributed by atoms with Crippen LogP contribution in [0.1, 0.15) is 45.5 Å². The van der Waals surface area contributed by atoms with Crippen LogP contribution in [0.25, 0.3) is 0 Å². The van der Waals surface area contributed by atoms with E-state index in [2.05, 4.69) is 10.1 Å². The highest BCUT2D eigenvalue weighted by molar-refractivity contribution is 5.98. The standard InChI is InChI=1S/C22H24F3NO3/c1-15-3-8-19(11-16(15)2)20(27)9-10-21(28)26-12-17-4-6-18(7-5-17)13-29-14-22(23,24)25/h3-8,11H,9-10,12-14H2,1-2H3,(H,26,28). The van der Waals surface area contributed by atoms with Crippen molar-refractivity contribution in [3.63, 3.8) is 0 Å². The van der Waals surface area contributed by atoms with Gasteiger partial charge in [-0.25, -0.2) is 0 Å². The molecule has 0 radical (unpaired) electrons. The quantitative estimate of drug-likeness (QED) is 0.615. The van der Waals surface area contributed by atoms with Crippen molar-refractivity contribution in [3.8, 4) is 0 Å². The van der Waals surface area contributed by atoms with Gasteiger partial charge in [-0.1, -0.05) is 36.4 Å². The highest BCUT2D eigenvalue weighted by Gasteiger charge is 2.27. The summed E-state index contributed by atoms with van der Waals surface area (Å²) in [5.41, 5.74) is 4.16. The number of carbonyl (C=O) groups excluding carboxylic acids is 2. The Hall–Kier alpha value is -2.67. The maximum atomic E-state index is 12.2. The Balaban J connectivity index is 1.73. The average Bonchev–Trinajstić information content (AvgIpc) is 2.66. The summed E-state index contributed by atoms with van der Waals surface area (Å²) >= 11 is 0. The number of aryl methyl sites for hydroxylation is 2. The number of halogens is 3. The molecule has 4 nitrogen and oxygen atoms in total. The molecule has 0 unspecified atom stereocenters. The summed E-state index contributed by atoms with van der Waals surface area (Å²) in [6.45, 7) is 2.77. The molecule has 2 aromatic rings. The summed E-state index contributed by atoms with van der Waals surface area (Å²) in [6.07, 6.45) is -4.12. The summed E-state index contributed by atoms with van der Waals surface area (Å²) in [4.78, 5) is 24.2. The maximum absolute atomic E-state index is 12.2. The number of hydrogen-bond acceptors (Lipinski definition) is 3. The second-order valence-corrected chi connectivity index (χ2v) is 6.92. The molecule has 0 saturated heterocycles. The molecule has 1 amide bonds. The van der Waals surface area contributed by atoms with Crippen LogP contribution in [0, 0.1) is 13.8 Å². The van der Waals surface area contributed by atoms with Gasteiger partial charge in [0.25, 0.3) is 0 Å². The second kappa shape index (κ2) is 10.2. The van der Waals surface area contributed by atoms with Gasteiger partial charge < -0.3 is 10.1 Å². The number of benzene rings is 2. The lowest BCUT2D eigenvalue weighted by Crippen LogP contribution is -2.23. The summed E-state index contributed by atoms with van der Waals surface area (Å²) in [6, 6.07) is 12.2. The van der Waals surface area contributed by atoms with Crippen LogP contribution in [-0.4, -0.2) is 24.5 Å². The third kappa shape index (κ3) is 8.07. The molecule has 7 heteroatoms. The Morgan fingerprint density at radius 3 is 2.21 bits per heavy atom. The lowest BCUT2D eigenvalue weighted by atomic mass is 10.0. The number of rotatable bonds is 9. The van der Waals surface area contributed by atoms with Gasteiger partial charge in [0.2, 0.25) is 5.91 Å². The molecule has 0 atom stereocenters. The van der Waals surface area contributed by atoms with Crippen molar-refractivity contribution < 1.29 is 27.5 Å². The van der Waals surface area contributed by atoms with Crippen LogP contribution in [0.3, 0.4) is 0 Å². The molecule has 156 valence electrons. The van der Waals surface area contributed by atoms with Gasteiger partial charge in [0.1, 0.15) is 6.61 Å². The van der Waals surface area contributed by atoms with E-state index in [-0.39, 0.29) is 37.7 Å². The number of Topliss-reactive ketones (excluding diaryl/α,β-unsaturated/α-hetero) is 1. The molecule has 2 rings (SSSR count). The van der Waals surface area contributed by atoms with Crippen molar-refractivity contribution in [3.05, 3.63) is 70.3 Å². The van der Waals surface area contributed by atoms with Crippen molar-refractivity contribution >= 4 is 11.7 Å². The van der Waals surface area contributed by atoms with Gasteiger partial charge in [0.05, 0.1) is 6.61 Å². The third-order valence-corrected chi connectivity index (χ3v) is 4.46. The molecule has 29 heavy (non-hydrogen) atoms. The van der Waals surface area contributed by atoms with Gasteiger partial charge in [-0.3, -0.25) is 9.59 Å². The fourth-order valence-corrected chi connectivity index (χ4v) is 2.61. The summed E-state index contributed by atoms with van der Waals surface area (Å²) < 4.78 is 40.8. The van der Waals surface area contributed by atoms with Gasteiger partial charge >= 0.3 is 6.18 Å². The highest BCUT2D eigenvalue weighted by Crippen LogP contribution is 2.16. The zero-order chi connectivity index (χ0) is 21.4. The van der Waals surface area contributed by atoms with Crippen molar-refractivity contribution in [1.82, 2.24) is 5.32 Å². The van der Waals surface area contributed by atoms with Gasteiger partial charge in [0.15, 0.2) is 5.78 Å². The fraction of sp³-hybridized carbons (Fsp3) is 0.364. The topological polar surface area (TPSA) is 55.4 Å². The molecule has 2 aromatic carbocycles. The van der Waals surface area contributed by atoms with Gasteiger partial charge in [-0.05, 0) is 42.2 Å². The molecule has 0 aliphatic heterocycles. The number of alkyl halides is 3. The van der Waals surface area contributed by atoms with Gasteiger partial charge in [0, 0.05) is 24.9 Å². The van der Waals surface area contributed by atoms with E-state index in [4.69, 9.17) is 0 Å². The number of ketones is 1. The first kappa shape index (κ1) is 22.6. The van der Waals surface area contributed by atoms with E-state index in [1.807, 2.05) is 26.0 Å². The van der Waals surface area contributed by atoms with Crippen LogP contribution in [0.15, 0.2) is 42.5 Å². The minimum absolute atomic E-state index is 0.0774. The van der Waals surface area contributed by atoms with E-state index >= 15 is 0 Å². The number of carbonyl (C=O) groups is 2. The molecule has 0 saturated carbocycles. The molecule has 1 N–H and O–H groups in total. The lowest BCUT2D eigenvalue weighted by molar-refractivity contribution is -0.176. The average molecular weight is 407 g/mol. The Kier molecular flexibility index (Phi) is 7.96. The smallest absolute Gasteiger partial charge is 0.367 e. The van der Waals surface area contributed by atoms with E-state index in [0.717, 1.165) is 16.7 Å². The lowest BCUT2D eigenvalue weighted by Gasteiger charge is -2.09. The molecule has 0 spiro atoms. The first-order valence-electron chi connectivity index (χ1n) is 9.23. The zero-order valence-electron chi connectivity index (χ0n) is 16.4. The Labute approximate surface area is 168 Å². The molecule has 0 aliphatic carbocycles. The first-order valence-corrected chi connectivity index (χ1v) is 9.23. The van der Waals surface area contributed by atoms with Crippen molar-refractivity contribution in [2.24, 2.45) is 0 Å². The predicted molar refractivity (Wildman–Crippen MR) is 103 cm³/mol. The van der Waals surface area contributed by atoms with E-state index in [1.54, 1.807) is 30.3 Å². The molecule has 0 fully saturated rings. The summed E-state index contributed by atoms with van der Waals surface area (Å²) in [5, 5.41) is 2.74. The fourth-order valence-electron chi connectivity index (χ4n) is 2.61. The minimum atomic E-state index is -4.34. The van der Waals surface area contributed by atoms with E-state index in [9.17, 15) is 22.8 Å². The maximum Gasteiger partial charge on any atom is 0.411 e. The normalized spacial score (nSPS) is 11.3. The van der Waals surface area contributed by atoms with Crippen LogP contribution in [-0.2, 0) is 22.7 Å². The van der Waals surface area contributed by atoms with Gasteiger partial charge in [-0.2, -0.15) is 13.2 Å². The molecule has 0 heterocycles. The van der Waals surface area contributed by atoms with Gasteiger partial charge in [-0.15, -0.1) is 0 Å². The molecular formula is C22H24F3NO3. The first-order chi connectivity index (χ1) is 13.6. The SMILES string of the molecule is Cc1ccc(C(=O)CCC(=O)NCc2ccc(COCC(F)(F)F)cc2)cc1C. The van der Waals surface area contributed by atoms with Crippen LogP contribution in [0.2, 0.25) is 0 Å². The van der Waals surface area contributed by atoms with Crippen molar-refractivity contribution in [2.45, 2.75) is 46.0 Å². The molecule has 0 aromatic heterocycles. The largest absolute Gasteiger partial charge is 0.411 e. The number of nitrogens with one attached hydrogen (secondary N) is 1. The Morgan fingerprint density at radius 2 is 1.59 bits per heavy atom. The van der Waals surface area contributed by atoms with Crippen molar-refractivity contribution in [1.29, 1.82) is 0 Å². The second-order valence-electron chi connectivity index (χ2n) is 6.92. The van der Waals surface area contributed by atoms with Crippen LogP contribution >= 0.6 is 0 Å². The summed E-state index contributed by atoms with van der Waals surface area (Å²) in [5.74, 6) is -0.314. The van der Waals surface area contributed by atoms with E-state index in [1.165, 1.54) is 0 Å². The molecular weight excluding hydrogens is 383 g/mol. The predicted octanol–water partition coefficient (Wildman–Crippen LogP) is 4.66. The van der Waals surface area contributed by atoms with Crippen LogP contribution < -0.4 is 5.32 Å². The number of amides is 1. The Morgan fingerprint density at radius 1 is 0.931 bits per heavy atom. The van der Waals surface area contributed by atoms with Crippen LogP contribution in [0.5, 0.6) is 0 Å². The monoisotopic (exact) mass is 407 g/mol. The third-order valence-electron chi connectivity index (χ3n) is 4.46. The minimum Gasteiger partial charge on any atom is -0.367 e. The molecule has 0 bridgehead atoms.